The van der Waals surface area contributed by atoms with Gasteiger partial charge in [-0.25, -0.2) is 17.9 Å². The molecule has 0 atom stereocenters. The number of carbonyl (C=O) groups excluding carboxylic acids is 3. The minimum atomic E-state index is -1.69. The summed E-state index contributed by atoms with van der Waals surface area (Å²) in [5.41, 5.74) is 0.341. The fourth-order valence-electron chi connectivity index (χ4n) is 3.25. The van der Waals surface area contributed by atoms with Crippen LogP contribution in [0.4, 0.5) is 24.5 Å². The normalized spacial score (nSPS) is 10.4. The zero-order chi connectivity index (χ0) is 28.6. The smallest absolute Gasteiger partial charge is 0.295 e. The van der Waals surface area contributed by atoms with E-state index in [1.54, 1.807) is 57.0 Å². The predicted octanol–water partition coefficient (Wildman–Crippen LogP) is 2.12. The van der Waals surface area contributed by atoms with Crippen LogP contribution in [-0.4, -0.2) is 71.6 Å². The lowest BCUT2D eigenvalue weighted by atomic mass is 10.2. The molecule has 13 heteroatoms. The predicted molar refractivity (Wildman–Crippen MR) is 137 cm³/mol. The molecule has 0 aliphatic rings. The van der Waals surface area contributed by atoms with Crippen molar-refractivity contribution in [1.82, 2.24) is 19.2 Å². The first-order valence-electron chi connectivity index (χ1n) is 11.2. The number of halogens is 3. The van der Waals surface area contributed by atoms with Crippen LogP contribution in [0.5, 0.6) is 0 Å². The second kappa shape index (κ2) is 13.2. The van der Waals surface area contributed by atoms with Crippen LogP contribution in [0.25, 0.3) is 5.69 Å². The highest BCUT2D eigenvalue weighted by Crippen LogP contribution is 2.19. The number of aromatic nitrogens is 2. The average Bonchev–Trinajstić information content (AvgIpc) is 3.07. The van der Waals surface area contributed by atoms with Gasteiger partial charge in [-0.2, -0.15) is 0 Å². The number of hydrogen-bond donors (Lipinski definition) is 2. The summed E-state index contributed by atoms with van der Waals surface area (Å²) in [7, 11) is 6.52. The zero-order valence-corrected chi connectivity index (χ0v) is 21.6. The van der Waals surface area contributed by atoms with Crippen molar-refractivity contribution in [3.8, 4) is 5.69 Å². The van der Waals surface area contributed by atoms with Gasteiger partial charge in [0.2, 0.25) is 18.2 Å². The Bertz CT molecular complexity index is 1360. The van der Waals surface area contributed by atoms with E-state index in [-0.39, 0.29) is 18.8 Å². The van der Waals surface area contributed by atoms with Gasteiger partial charge in [0.15, 0.2) is 17.5 Å². The molecule has 3 aromatic rings. The molecule has 0 saturated heterocycles. The maximum Gasteiger partial charge on any atom is 0.295 e. The van der Waals surface area contributed by atoms with Crippen molar-refractivity contribution in [3.63, 3.8) is 0 Å². The minimum absolute atomic E-state index is 0.105. The van der Waals surface area contributed by atoms with E-state index in [0.29, 0.717) is 17.4 Å². The molecule has 38 heavy (non-hydrogen) atoms. The molecule has 2 N–H and O–H groups in total. The van der Waals surface area contributed by atoms with E-state index >= 15 is 0 Å². The fourth-order valence-corrected chi connectivity index (χ4v) is 3.25. The van der Waals surface area contributed by atoms with Crippen molar-refractivity contribution in [2.75, 3.05) is 44.9 Å². The van der Waals surface area contributed by atoms with E-state index < -0.39 is 40.5 Å². The van der Waals surface area contributed by atoms with Gasteiger partial charge in [0, 0.05) is 21.1 Å². The highest BCUT2D eigenvalue weighted by Gasteiger charge is 2.20. The third kappa shape index (κ3) is 7.56. The molecule has 0 fully saturated rings. The summed E-state index contributed by atoms with van der Waals surface area (Å²) in [5, 5.41) is 4.70. The van der Waals surface area contributed by atoms with Crippen molar-refractivity contribution in [2.45, 2.75) is 6.92 Å². The molecule has 1 heterocycles. The molecule has 0 bridgehead atoms. The summed E-state index contributed by atoms with van der Waals surface area (Å²) < 4.78 is 43.0. The molecule has 0 aliphatic heterocycles. The summed E-state index contributed by atoms with van der Waals surface area (Å²) in [5.74, 6) is -5.87. The van der Waals surface area contributed by atoms with Gasteiger partial charge >= 0.3 is 0 Å². The van der Waals surface area contributed by atoms with Gasteiger partial charge < -0.3 is 15.5 Å². The van der Waals surface area contributed by atoms with Crippen molar-refractivity contribution in [2.24, 2.45) is 7.05 Å². The van der Waals surface area contributed by atoms with Crippen molar-refractivity contribution in [1.29, 1.82) is 0 Å². The Balaban J connectivity index is 0.000000926. The van der Waals surface area contributed by atoms with Crippen LogP contribution in [0.3, 0.4) is 0 Å². The lowest BCUT2D eigenvalue weighted by molar-refractivity contribution is -0.119. The SMILES string of the molecule is CN(C)C=O.Cc1c(NC(=O)CN(C)CC(=O)Nc2ccc(F)c(F)c2F)c(=O)n(-c2ccccc2)n1C. The van der Waals surface area contributed by atoms with Gasteiger partial charge in [-0.1, -0.05) is 18.2 Å². The van der Waals surface area contributed by atoms with Gasteiger partial charge in [0.25, 0.3) is 5.56 Å². The first-order valence-corrected chi connectivity index (χ1v) is 11.2. The maximum absolute atomic E-state index is 13.7. The summed E-state index contributed by atoms with van der Waals surface area (Å²) in [4.78, 5) is 49.6. The minimum Gasteiger partial charge on any atom is -0.351 e. The number of anilines is 2. The molecule has 0 spiro atoms. The maximum atomic E-state index is 13.7. The van der Waals surface area contributed by atoms with Crippen molar-refractivity contribution in [3.05, 3.63) is 76.0 Å². The standard InChI is InChI=1S/C22H22F3N5O3.C3H7NO/c1-13-21(22(33)30(29(13)3)14-7-5-4-6-8-14)27-18(32)12-28(2)11-17(31)26-16-10-9-15(23)19(24)20(16)25;1-4(2)3-5/h4-10H,11-12H2,1-3H3,(H,26,31)(H,27,32);3H,1-2H3. The Morgan fingerprint density at radius 3 is 2.03 bits per heavy atom. The lowest BCUT2D eigenvalue weighted by Gasteiger charge is -2.16. The van der Waals surface area contributed by atoms with Crippen LogP contribution >= 0.6 is 0 Å². The summed E-state index contributed by atoms with van der Waals surface area (Å²) >= 11 is 0. The quantitative estimate of drug-likeness (QED) is 0.340. The molecule has 3 amide bonds. The third-order valence-corrected chi connectivity index (χ3v) is 5.17. The highest BCUT2D eigenvalue weighted by atomic mass is 19.2. The van der Waals surface area contributed by atoms with Gasteiger partial charge in [0.1, 0.15) is 5.69 Å². The second-order valence-electron chi connectivity index (χ2n) is 8.50. The Labute approximate surface area is 217 Å². The molecule has 0 radical (unpaired) electrons. The first-order chi connectivity index (χ1) is 17.9. The Morgan fingerprint density at radius 1 is 0.921 bits per heavy atom. The first kappa shape index (κ1) is 29.8. The van der Waals surface area contributed by atoms with Crippen LogP contribution in [0.2, 0.25) is 0 Å². The molecular weight excluding hydrogens is 505 g/mol. The van der Waals surface area contributed by atoms with Crippen LogP contribution in [0.15, 0.2) is 47.3 Å². The number of likely N-dealkylation sites (N-methyl/N-ethyl adjacent to an activating group) is 1. The summed E-state index contributed by atoms with van der Waals surface area (Å²) in [6, 6.07) is 10.5. The molecule has 204 valence electrons. The molecule has 0 aliphatic carbocycles. The zero-order valence-electron chi connectivity index (χ0n) is 21.6. The van der Waals surface area contributed by atoms with Gasteiger partial charge in [-0.15, -0.1) is 0 Å². The number of benzene rings is 2. The molecular formula is C25H29F3N6O4. The molecule has 1 aromatic heterocycles. The van der Waals surface area contributed by atoms with Crippen molar-refractivity contribution < 1.29 is 27.6 Å². The molecule has 0 saturated carbocycles. The molecule has 0 unspecified atom stereocenters. The second-order valence-corrected chi connectivity index (χ2v) is 8.50. The van der Waals surface area contributed by atoms with Crippen LogP contribution in [0.1, 0.15) is 5.69 Å². The number of carbonyl (C=O) groups is 3. The van der Waals surface area contributed by atoms with E-state index in [2.05, 4.69) is 10.6 Å². The molecule has 10 nitrogen and oxygen atoms in total. The lowest BCUT2D eigenvalue weighted by Crippen LogP contribution is -2.37. The largest absolute Gasteiger partial charge is 0.351 e. The Kier molecular flexibility index (Phi) is 10.4. The van der Waals surface area contributed by atoms with Gasteiger partial charge in [-0.05, 0) is 38.2 Å². The molecule has 2 aromatic carbocycles. The van der Waals surface area contributed by atoms with Crippen LogP contribution in [0, 0.1) is 24.4 Å². The highest BCUT2D eigenvalue weighted by molar-refractivity contribution is 5.95. The molecule has 3 rings (SSSR count). The number of amides is 3. The number of rotatable bonds is 8. The number of hydrogen-bond acceptors (Lipinski definition) is 5. The van der Waals surface area contributed by atoms with Crippen LogP contribution in [-0.2, 0) is 21.4 Å². The fraction of sp³-hybridized carbons (Fsp3) is 0.280. The van der Waals surface area contributed by atoms with E-state index in [4.69, 9.17) is 0 Å². The number of nitrogens with zero attached hydrogens (tertiary/aromatic N) is 4. The monoisotopic (exact) mass is 534 g/mol. The van der Waals surface area contributed by atoms with Crippen molar-refractivity contribution >= 4 is 29.6 Å². The summed E-state index contributed by atoms with van der Waals surface area (Å²) in [6.45, 7) is 1.09. The number of nitrogens with one attached hydrogen (secondary N) is 2. The van der Waals surface area contributed by atoms with E-state index in [9.17, 15) is 32.3 Å². The average molecular weight is 535 g/mol. The third-order valence-electron chi connectivity index (χ3n) is 5.17. The van der Waals surface area contributed by atoms with E-state index in [1.165, 1.54) is 21.5 Å². The Hall–Kier alpha value is -4.39. The topological polar surface area (TPSA) is 109 Å². The van der Waals surface area contributed by atoms with E-state index in [1.807, 2.05) is 6.07 Å². The van der Waals surface area contributed by atoms with Crippen LogP contribution < -0.4 is 16.2 Å². The van der Waals surface area contributed by atoms with E-state index in [0.717, 1.165) is 12.5 Å². The van der Waals surface area contributed by atoms with Gasteiger partial charge in [-0.3, -0.25) is 28.8 Å². The Morgan fingerprint density at radius 2 is 1.47 bits per heavy atom. The summed E-state index contributed by atoms with van der Waals surface area (Å²) in [6.07, 6.45) is 0.750. The number of para-hydroxylation sites is 1. The van der Waals surface area contributed by atoms with Gasteiger partial charge in [0.05, 0.1) is 30.2 Å².